The van der Waals surface area contributed by atoms with Gasteiger partial charge in [0.05, 0.1) is 35.2 Å². The van der Waals surface area contributed by atoms with Gasteiger partial charge in [0.25, 0.3) is 5.91 Å². The predicted molar refractivity (Wildman–Crippen MR) is 156 cm³/mol. The lowest BCUT2D eigenvalue weighted by Crippen LogP contribution is -2.40. The van der Waals surface area contributed by atoms with Crippen molar-refractivity contribution in [3.05, 3.63) is 52.6 Å². The fourth-order valence-electron chi connectivity index (χ4n) is 4.98. The lowest BCUT2D eigenvalue weighted by molar-refractivity contribution is -0.118. The summed E-state index contributed by atoms with van der Waals surface area (Å²) in [5.74, 6) is 0.994. The van der Waals surface area contributed by atoms with E-state index >= 15 is 0 Å². The van der Waals surface area contributed by atoms with Gasteiger partial charge in [-0.2, -0.15) is 4.31 Å². The summed E-state index contributed by atoms with van der Waals surface area (Å²) in [4.78, 5) is 18.0. The van der Waals surface area contributed by atoms with E-state index in [2.05, 4.69) is 29.1 Å². The van der Waals surface area contributed by atoms with Crippen LogP contribution in [0.15, 0.2) is 57.7 Å². The number of ether oxygens (including phenoxy) is 2. The number of fused-ring (bicyclic) bond motifs is 1. The van der Waals surface area contributed by atoms with Crippen LogP contribution < -0.4 is 14.9 Å². The predicted octanol–water partition coefficient (Wildman–Crippen LogP) is 5.02. The Morgan fingerprint density at radius 1 is 1.10 bits per heavy atom. The molecule has 214 valence electrons. The number of aromatic nitrogens is 1. The van der Waals surface area contributed by atoms with Crippen molar-refractivity contribution in [1.29, 1.82) is 0 Å². The molecule has 1 fully saturated rings. The van der Waals surface area contributed by atoms with Crippen molar-refractivity contribution in [3.8, 4) is 17.0 Å². The number of hydrogen-bond acceptors (Lipinski definition) is 7. The van der Waals surface area contributed by atoms with Gasteiger partial charge >= 0.3 is 0 Å². The Hall–Kier alpha value is -2.99. The molecule has 0 spiro atoms. The number of hydrogen-bond donors (Lipinski definition) is 1. The molecule has 1 atom stereocenters. The number of amides is 1. The molecule has 9 nitrogen and oxygen atoms in total. The Labute approximate surface area is 239 Å². The Kier molecular flexibility index (Phi) is 9.04. The molecule has 11 heteroatoms. The number of benzene rings is 2. The van der Waals surface area contributed by atoms with Gasteiger partial charge in [0.1, 0.15) is 5.75 Å². The van der Waals surface area contributed by atoms with E-state index in [1.807, 2.05) is 18.2 Å². The fourth-order valence-corrected chi connectivity index (χ4v) is 7.33. The van der Waals surface area contributed by atoms with Crippen molar-refractivity contribution in [2.45, 2.75) is 51.0 Å². The molecule has 0 saturated carbocycles. The van der Waals surface area contributed by atoms with Crippen LogP contribution in [-0.2, 0) is 26.1 Å². The number of nitrogens with one attached hydrogen (secondary N) is 1. The highest BCUT2D eigenvalue weighted by molar-refractivity contribution is 7.89. The van der Waals surface area contributed by atoms with Crippen molar-refractivity contribution >= 4 is 38.6 Å². The van der Waals surface area contributed by atoms with Crippen LogP contribution in [0.3, 0.4) is 0 Å². The minimum atomic E-state index is -3.56. The molecule has 1 unspecified atom stereocenters. The number of thiazole rings is 1. The number of morpholine rings is 1. The topological polar surface area (TPSA) is 102 Å². The van der Waals surface area contributed by atoms with Gasteiger partial charge in [-0.05, 0) is 54.8 Å². The van der Waals surface area contributed by atoms with Gasteiger partial charge < -0.3 is 19.4 Å². The standard InChI is InChI=1S/C29H36N4O5S2/c1-3-5-6-21(4-2)18-33-26(22-7-12-27-25(17-22)31-28(34)19-38-27)20-39-29(33)30-23-8-10-24(11-9-23)40(35,36)32-13-15-37-16-14-32/h7-12,17,20-21H,3-6,13-16,18-19H2,1-2H3,(H,31,34). The van der Waals surface area contributed by atoms with Crippen molar-refractivity contribution in [2.75, 3.05) is 38.2 Å². The lowest BCUT2D eigenvalue weighted by atomic mass is 9.99. The maximum atomic E-state index is 13.0. The minimum absolute atomic E-state index is 0.0238. The summed E-state index contributed by atoms with van der Waals surface area (Å²) in [6, 6.07) is 12.6. The van der Waals surface area contributed by atoms with Gasteiger partial charge in [-0.1, -0.05) is 33.1 Å². The second kappa shape index (κ2) is 12.7. The summed E-state index contributed by atoms with van der Waals surface area (Å²) >= 11 is 1.55. The highest BCUT2D eigenvalue weighted by Gasteiger charge is 2.26. The van der Waals surface area contributed by atoms with Crippen LogP contribution in [0.2, 0.25) is 0 Å². The molecule has 3 aromatic rings. The third kappa shape index (κ3) is 6.33. The zero-order chi connectivity index (χ0) is 28.1. The van der Waals surface area contributed by atoms with Crippen molar-refractivity contribution in [3.63, 3.8) is 0 Å². The first kappa shape index (κ1) is 28.5. The first-order valence-corrected chi connectivity index (χ1v) is 16.2. The van der Waals surface area contributed by atoms with Crippen molar-refractivity contribution < 1.29 is 22.7 Å². The quantitative estimate of drug-likeness (QED) is 0.361. The van der Waals surface area contributed by atoms with Crippen molar-refractivity contribution in [2.24, 2.45) is 10.9 Å². The molecule has 2 aliphatic heterocycles. The molecule has 0 radical (unpaired) electrons. The molecule has 1 amide bonds. The summed E-state index contributed by atoms with van der Waals surface area (Å²) in [6.07, 6.45) is 4.52. The summed E-state index contributed by atoms with van der Waals surface area (Å²) in [5, 5.41) is 5.00. The van der Waals surface area contributed by atoms with Crippen molar-refractivity contribution in [1.82, 2.24) is 8.87 Å². The first-order valence-electron chi connectivity index (χ1n) is 13.9. The van der Waals surface area contributed by atoms with Crippen LogP contribution in [0.5, 0.6) is 5.75 Å². The van der Waals surface area contributed by atoms with Crippen LogP contribution in [0, 0.1) is 5.92 Å². The zero-order valence-electron chi connectivity index (χ0n) is 23.0. The van der Waals surface area contributed by atoms with E-state index in [1.165, 1.54) is 10.7 Å². The number of sulfonamides is 1. The van der Waals surface area contributed by atoms with E-state index in [0.717, 1.165) is 41.9 Å². The molecule has 40 heavy (non-hydrogen) atoms. The fraction of sp³-hybridized carbons (Fsp3) is 0.448. The molecule has 0 aliphatic carbocycles. The van der Waals surface area contributed by atoms with Gasteiger partial charge in [0, 0.05) is 30.6 Å². The minimum Gasteiger partial charge on any atom is -0.482 e. The molecule has 2 aromatic carbocycles. The monoisotopic (exact) mass is 584 g/mol. The second-order valence-electron chi connectivity index (χ2n) is 10.1. The normalized spacial score (nSPS) is 17.2. The third-order valence-electron chi connectivity index (χ3n) is 7.36. The number of nitrogens with zero attached hydrogens (tertiary/aromatic N) is 3. The highest BCUT2D eigenvalue weighted by atomic mass is 32.2. The van der Waals surface area contributed by atoms with E-state index in [9.17, 15) is 13.2 Å². The molecule has 3 heterocycles. The van der Waals surface area contributed by atoms with E-state index in [-0.39, 0.29) is 17.4 Å². The molecule has 1 aromatic heterocycles. The Morgan fingerprint density at radius 3 is 2.60 bits per heavy atom. The number of carbonyl (C=O) groups is 1. The zero-order valence-corrected chi connectivity index (χ0v) is 24.6. The number of unbranched alkanes of at least 4 members (excludes halogenated alkanes) is 1. The molecule has 1 saturated heterocycles. The van der Waals surface area contributed by atoms with Gasteiger partial charge in [-0.15, -0.1) is 11.3 Å². The molecular weight excluding hydrogens is 548 g/mol. The Bertz CT molecular complexity index is 1510. The molecule has 1 N–H and O–H groups in total. The summed E-state index contributed by atoms with van der Waals surface area (Å²) in [5.41, 5.74) is 3.35. The molecule has 0 bridgehead atoms. The summed E-state index contributed by atoms with van der Waals surface area (Å²) in [6.45, 7) is 6.82. The van der Waals surface area contributed by atoms with Gasteiger partial charge in [0.2, 0.25) is 10.0 Å². The summed E-state index contributed by atoms with van der Waals surface area (Å²) < 4.78 is 40.6. The second-order valence-corrected chi connectivity index (χ2v) is 12.9. The maximum absolute atomic E-state index is 13.0. The number of carbonyl (C=O) groups excluding carboxylic acids is 1. The van der Waals surface area contributed by atoms with E-state index in [0.29, 0.717) is 49.3 Å². The SMILES string of the molecule is CCCCC(CC)Cn1c(-c2ccc3c(c2)NC(=O)CO3)csc1=Nc1ccc(S(=O)(=O)N2CCOCC2)cc1. The molecule has 2 aliphatic rings. The molecular formula is C29H36N4O5S2. The van der Waals surface area contributed by atoms with Crippen LogP contribution in [0.1, 0.15) is 39.5 Å². The first-order chi connectivity index (χ1) is 19.4. The largest absolute Gasteiger partial charge is 0.482 e. The summed E-state index contributed by atoms with van der Waals surface area (Å²) in [7, 11) is -3.56. The van der Waals surface area contributed by atoms with Crippen LogP contribution in [-0.4, -0.2) is 56.1 Å². The van der Waals surface area contributed by atoms with Gasteiger partial charge in [0.15, 0.2) is 11.4 Å². The Morgan fingerprint density at radius 2 is 1.88 bits per heavy atom. The third-order valence-corrected chi connectivity index (χ3v) is 10.1. The number of rotatable bonds is 10. The highest BCUT2D eigenvalue weighted by Crippen LogP contribution is 2.33. The average Bonchev–Trinajstić information content (AvgIpc) is 3.37. The molecule has 5 rings (SSSR count). The number of anilines is 1. The lowest BCUT2D eigenvalue weighted by Gasteiger charge is -2.26. The maximum Gasteiger partial charge on any atom is 0.262 e. The smallest absolute Gasteiger partial charge is 0.262 e. The van der Waals surface area contributed by atoms with Crippen LogP contribution in [0.25, 0.3) is 11.3 Å². The van der Waals surface area contributed by atoms with E-state index in [4.69, 9.17) is 14.5 Å². The van der Waals surface area contributed by atoms with Gasteiger partial charge in [-0.25, -0.2) is 13.4 Å². The average molecular weight is 585 g/mol. The van der Waals surface area contributed by atoms with Crippen LogP contribution in [0.4, 0.5) is 11.4 Å². The van der Waals surface area contributed by atoms with Crippen LogP contribution >= 0.6 is 11.3 Å². The Balaban J connectivity index is 1.49. The van der Waals surface area contributed by atoms with E-state index in [1.54, 1.807) is 35.6 Å². The van der Waals surface area contributed by atoms with E-state index < -0.39 is 10.0 Å². The van der Waals surface area contributed by atoms with Gasteiger partial charge in [-0.3, -0.25) is 4.79 Å².